The Balaban J connectivity index is 1.01. The lowest BCUT2D eigenvalue weighted by atomic mass is 9.96. The molecule has 6 rings (SSSR count). The number of fused-ring (bicyclic) bond motifs is 2. The van der Waals surface area contributed by atoms with Crippen molar-refractivity contribution in [1.82, 2.24) is 20.0 Å². The van der Waals surface area contributed by atoms with Crippen LogP contribution in [0.2, 0.25) is 0 Å². The van der Waals surface area contributed by atoms with Crippen molar-refractivity contribution in [1.29, 1.82) is 0 Å². The summed E-state index contributed by atoms with van der Waals surface area (Å²) in [4.78, 5) is 23.4. The van der Waals surface area contributed by atoms with Gasteiger partial charge in [0.05, 0.1) is 18.3 Å². The molecule has 0 saturated carbocycles. The second kappa shape index (κ2) is 10.9. The fourth-order valence-electron chi connectivity index (χ4n) is 5.58. The van der Waals surface area contributed by atoms with E-state index in [1.807, 2.05) is 17.2 Å². The number of carbonyl (C=O) groups excluding carboxylic acids is 1. The Kier molecular flexibility index (Phi) is 7.09. The molecular weight excluding hydrogens is 478 g/mol. The number of aliphatic imine (C=N–C) groups is 1. The topological polar surface area (TPSA) is 80.6 Å². The van der Waals surface area contributed by atoms with Gasteiger partial charge in [0.25, 0.3) is 0 Å². The third-order valence-electron chi connectivity index (χ3n) is 7.48. The van der Waals surface area contributed by atoms with Crippen LogP contribution in [0.5, 0.6) is 0 Å². The zero-order valence-electron chi connectivity index (χ0n) is 21.4. The number of ether oxygens (including phenoxy) is 1. The predicted molar refractivity (Wildman–Crippen MR) is 146 cm³/mol. The quantitative estimate of drug-likeness (QED) is 0.564. The Bertz CT molecular complexity index is 1240. The van der Waals surface area contributed by atoms with E-state index >= 15 is 0 Å². The van der Waals surface area contributed by atoms with Crippen molar-refractivity contribution in [2.24, 2.45) is 4.99 Å². The number of rotatable bonds is 8. The van der Waals surface area contributed by atoms with Crippen LogP contribution in [0.25, 0.3) is 0 Å². The Morgan fingerprint density at radius 1 is 0.974 bits per heavy atom. The summed E-state index contributed by atoms with van der Waals surface area (Å²) in [6.45, 7) is 4.95. The number of nitrogens with zero attached hydrogens (tertiary/aromatic N) is 4. The number of benzene rings is 2. The van der Waals surface area contributed by atoms with Gasteiger partial charge in [0.2, 0.25) is 0 Å². The molecule has 2 N–H and O–H groups in total. The zero-order chi connectivity index (χ0) is 25.9. The van der Waals surface area contributed by atoms with Crippen molar-refractivity contribution in [2.75, 3.05) is 45.9 Å². The Morgan fingerprint density at radius 3 is 2.34 bits per heavy atom. The minimum atomic E-state index is -0.588. The SMILES string of the molecule is O=C1CC=NC2=C1NC=C1C=C(OCC(O)CN3CCN(C(c4ccccc4)c4ccccc4)CC3)CN12. The molecule has 4 heterocycles. The highest BCUT2D eigenvalue weighted by molar-refractivity contribution is 6.05. The van der Waals surface area contributed by atoms with Crippen molar-refractivity contribution in [3.63, 3.8) is 0 Å². The minimum Gasteiger partial charge on any atom is -0.493 e. The van der Waals surface area contributed by atoms with E-state index in [1.54, 1.807) is 6.21 Å². The molecule has 0 radical (unpaired) electrons. The molecule has 2 aromatic rings. The van der Waals surface area contributed by atoms with Gasteiger partial charge in [0.15, 0.2) is 11.6 Å². The number of Topliss-reactive ketones (excluding diaryl/α,β-unsaturated/α-hetero) is 1. The second-order valence-corrected chi connectivity index (χ2v) is 10.1. The lowest BCUT2D eigenvalue weighted by molar-refractivity contribution is -0.115. The third kappa shape index (κ3) is 5.15. The lowest BCUT2D eigenvalue weighted by Gasteiger charge is -2.40. The summed E-state index contributed by atoms with van der Waals surface area (Å²) in [5.74, 6) is 1.43. The van der Waals surface area contributed by atoms with Crippen LogP contribution in [0.15, 0.2) is 101 Å². The molecule has 4 aliphatic rings. The van der Waals surface area contributed by atoms with Gasteiger partial charge in [0, 0.05) is 57.6 Å². The molecule has 0 aromatic heterocycles. The molecular formula is C30H33N5O3. The Labute approximate surface area is 223 Å². The van der Waals surface area contributed by atoms with Crippen LogP contribution in [-0.4, -0.2) is 83.8 Å². The molecule has 0 aliphatic carbocycles. The van der Waals surface area contributed by atoms with Crippen LogP contribution in [0.1, 0.15) is 23.6 Å². The van der Waals surface area contributed by atoms with E-state index in [9.17, 15) is 9.90 Å². The summed E-state index contributed by atoms with van der Waals surface area (Å²) in [5.41, 5.74) is 4.05. The average molecular weight is 512 g/mol. The van der Waals surface area contributed by atoms with Crippen LogP contribution in [-0.2, 0) is 9.53 Å². The fourth-order valence-corrected chi connectivity index (χ4v) is 5.58. The summed E-state index contributed by atoms with van der Waals surface area (Å²) >= 11 is 0. The molecule has 4 aliphatic heterocycles. The molecule has 8 nitrogen and oxygen atoms in total. The smallest absolute Gasteiger partial charge is 0.188 e. The number of piperazine rings is 1. The van der Waals surface area contributed by atoms with E-state index in [0.717, 1.165) is 37.6 Å². The molecule has 2 aromatic carbocycles. The Hall–Kier alpha value is -3.72. The first-order valence-electron chi connectivity index (χ1n) is 13.3. The number of hydrogen-bond acceptors (Lipinski definition) is 8. The first-order valence-corrected chi connectivity index (χ1v) is 13.3. The summed E-state index contributed by atoms with van der Waals surface area (Å²) in [6.07, 6.45) is 5.12. The first kappa shape index (κ1) is 24.6. The van der Waals surface area contributed by atoms with E-state index in [-0.39, 0.29) is 18.4 Å². The molecule has 38 heavy (non-hydrogen) atoms. The number of β-amino-alcohol motifs (C(OH)–C–C–N with tert-alkyl or cyclic N) is 1. The lowest BCUT2D eigenvalue weighted by Crippen LogP contribution is -2.50. The maximum atomic E-state index is 12.1. The van der Waals surface area contributed by atoms with Gasteiger partial charge in [-0.15, -0.1) is 0 Å². The monoisotopic (exact) mass is 511 g/mol. The van der Waals surface area contributed by atoms with E-state index < -0.39 is 6.10 Å². The molecule has 0 amide bonds. The molecule has 0 spiro atoms. The average Bonchev–Trinajstić information content (AvgIpc) is 3.38. The third-order valence-corrected chi connectivity index (χ3v) is 7.48. The van der Waals surface area contributed by atoms with Crippen LogP contribution in [0, 0.1) is 0 Å². The maximum absolute atomic E-state index is 12.1. The predicted octanol–water partition coefficient (Wildman–Crippen LogP) is 2.63. The van der Waals surface area contributed by atoms with E-state index in [1.165, 1.54) is 11.1 Å². The van der Waals surface area contributed by atoms with Crippen molar-refractivity contribution in [3.05, 3.63) is 107 Å². The van der Waals surface area contributed by atoms with Crippen molar-refractivity contribution in [3.8, 4) is 0 Å². The van der Waals surface area contributed by atoms with Gasteiger partial charge in [-0.2, -0.15) is 0 Å². The molecule has 1 fully saturated rings. The number of carbonyl (C=O) groups is 1. The van der Waals surface area contributed by atoms with Gasteiger partial charge in [0.1, 0.15) is 24.2 Å². The molecule has 1 atom stereocenters. The van der Waals surface area contributed by atoms with Crippen LogP contribution in [0.4, 0.5) is 0 Å². The fraction of sp³-hybridized carbons (Fsp3) is 0.333. The standard InChI is InChI=1S/C30H33N5O3/c36-25(21-38-26-17-24-18-32-28-27(37)11-12-31-30(28)35(24)20-26)19-33-13-15-34(16-14-33)29(22-7-3-1-4-8-22)23-9-5-2-6-10-23/h1-10,12,17-18,25,29,32,36H,11,13-16,19-21H2. The van der Waals surface area contributed by atoms with E-state index in [4.69, 9.17) is 4.74 Å². The minimum absolute atomic E-state index is 0.0362. The number of allylic oxidation sites excluding steroid dienone is 2. The van der Waals surface area contributed by atoms with Crippen LogP contribution in [0.3, 0.4) is 0 Å². The summed E-state index contributed by atoms with van der Waals surface area (Å²) in [6, 6.07) is 21.6. The number of hydrogen-bond donors (Lipinski definition) is 2. The van der Waals surface area contributed by atoms with Crippen LogP contribution < -0.4 is 5.32 Å². The molecule has 0 bridgehead atoms. The molecule has 1 saturated heterocycles. The van der Waals surface area contributed by atoms with Gasteiger partial charge in [-0.1, -0.05) is 60.7 Å². The van der Waals surface area contributed by atoms with Gasteiger partial charge in [-0.3, -0.25) is 14.6 Å². The number of aliphatic hydroxyl groups excluding tert-OH is 1. The molecule has 8 heteroatoms. The van der Waals surface area contributed by atoms with Crippen molar-refractivity contribution >= 4 is 12.0 Å². The van der Waals surface area contributed by atoms with Gasteiger partial charge < -0.3 is 20.1 Å². The maximum Gasteiger partial charge on any atom is 0.188 e. The van der Waals surface area contributed by atoms with Gasteiger partial charge >= 0.3 is 0 Å². The van der Waals surface area contributed by atoms with Gasteiger partial charge in [-0.25, -0.2) is 4.99 Å². The molecule has 196 valence electrons. The largest absolute Gasteiger partial charge is 0.493 e. The van der Waals surface area contributed by atoms with E-state index in [0.29, 0.717) is 31.0 Å². The zero-order valence-corrected chi connectivity index (χ0v) is 21.4. The summed E-state index contributed by atoms with van der Waals surface area (Å²) in [5, 5.41) is 13.8. The summed E-state index contributed by atoms with van der Waals surface area (Å²) < 4.78 is 5.98. The number of aliphatic hydroxyl groups is 1. The first-order chi connectivity index (χ1) is 18.7. The highest BCUT2D eigenvalue weighted by Crippen LogP contribution is 2.32. The summed E-state index contributed by atoms with van der Waals surface area (Å²) in [7, 11) is 0. The van der Waals surface area contributed by atoms with Crippen LogP contribution >= 0.6 is 0 Å². The molecule has 1 unspecified atom stereocenters. The number of ketones is 1. The number of nitrogens with one attached hydrogen (secondary N) is 1. The van der Waals surface area contributed by atoms with E-state index in [2.05, 4.69) is 80.8 Å². The van der Waals surface area contributed by atoms with Crippen molar-refractivity contribution < 1.29 is 14.6 Å². The van der Waals surface area contributed by atoms with Gasteiger partial charge in [-0.05, 0) is 11.1 Å². The van der Waals surface area contributed by atoms with Crippen molar-refractivity contribution in [2.45, 2.75) is 18.6 Å². The second-order valence-electron chi connectivity index (χ2n) is 10.1. The highest BCUT2D eigenvalue weighted by Gasteiger charge is 2.32. The Morgan fingerprint density at radius 2 is 1.66 bits per heavy atom. The highest BCUT2D eigenvalue weighted by atomic mass is 16.5. The normalized spacial score (nSPS) is 20.6.